The minimum atomic E-state index is 0.133. The second-order valence-corrected chi connectivity index (χ2v) is 8.58. The molecular weight excluding hydrogens is 342 g/mol. The molecule has 0 saturated carbocycles. The van der Waals surface area contributed by atoms with Gasteiger partial charge in [-0.2, -0.15) is 0 Å². The van der Waals surface area contributed by atoms with E-state index in [-0.39, 0.29) is 5.91 Å². The van der Waals surface area contributed by atoms with Gasteiger partial charge in [-0.3, -0.25) is 4.79 Å². The van der Waals surface area contributed by atoms with Crippen LogP contribution in [-0.4, -0.2) is 40.4 Å². The van der Waals surface area contributed by atoms with E-state index in [2.05, 4.69) is 16.3 Å². The van der Waals surface area contributed by atoms with Crippen molar-refractivity contribution in [1.82, 2.24) is 10.2 Å². The van der Waals surface area contributed by atoms with Gasteiger partial charge in [-0.1, -0.05) is 47.0 Å². The van der Waals surface area contributed by atoms with E-state index in [4.69, 9.17) is 0 Å². The number of benzene rings is 1. The highest BCUT2D eigenvalue weighted by molar-refractivity contribution is 8.03. The Morgan fingerprint density at radius 1 is 1.33 bits per heavy atom. The lowest BCUT2D eigenvalue weighted by atomic mass is 10.3. The molecule has 0 N–H and O–H groups in total. The summed E-state index contributed by atoms with van der Waals surface area (Å²) in [6.45, 7) is 0.771. The van der Waals surface area contributed by atoms with E-state index in [1.807, 2.05) is 29.4 Å². The molecule has 1 aromatic heterocycles. The number of thioether (sulfide) groups is 3. The van der Waals surface area contributed by atoms with Crippen molar-refractivity contribution in [2.24, 2.45) is 0 Å². The number of amides is 1. The van der Waals surface area contributed by atoms with Crippen LogP contribution in [0.25, 0.3) is 0 Å². The first-order valence-electron chi connectivity index (χ1n) is 6.30. The van der Waals surface area contributed by atoms with Crippen LogP contribution in [0.3, 0.4) is 0 Å². The van der Waals surface area contributed by atoms with Crippen molar-refractivity contribution in [2.75, 3.05) is 29.2 Å². The van der Waals surface area contributed by atoms with E-state index in [9.17, 15) is 4.79 Å². The smallest absolute Gasteiger partial charge is 0.237 e. The van der Waals surface area contributed by atoms with Gasteiger partial charge in [0.2, 0.25) is 5.91 Å². The lowest BCUT2D eigenvalue weighted by Gasteiger charge is -2.28. The first-order valence-corrected chi connectivity index (χ1v) is 10.3. The number of hydrogen-bond donors (Lipinski definition) is 0. The molecule has 3 rings (SSSR count). The molecule has 21 heavy (non-hydrogen) atoms. The molecule has 8 heteroatoms. The van der Waals surface area contributed by atoms with E-state index >= 15 is 0 Å². The number of hydrogen-bond acceptors (Lipinski definition) is 7. The monoisotopic (exact) mass is 355 g/mol. The Balaban J connectivity index is 1.66. The third kappa shape index (κ3) is 3.56. The second kappa shape index (κ2) is 7.04. The lowest BCUT2D eigenvalue weighted by Crippen LogP contribution is -2.36. The molecule has 2 aromatic rings. The summed E-state index contributed by atoms with van der Waals surface area (Å²) in [5, 5.41) is 8.13. The summed E-state index contributed by atoms with van der Waals surface area (Å²) in [6.07, 6.45) is 1.97. The molecule has 0 atom stereocenters. The van der Waals surface area contributed by atoms with Gasteiger partial charge in [0, 0.05) is 17.2 Å². The third-order valence-electron chi connectivity index (χ3n) is 2.91. The van der Waals surface area contributed by atoms with Gasteiger partial charge in [0.15, 0.2) is 8.68 Å². The number of anilines is 1. The van der Waals surface area contributed by atoms with Crippen LogP contribution in [0.15, 0.2) is 37.8 Å². The van der Waals surface area contributed by atoms with Crippen molar-refractivity contribution in [3.63, 3.8) is 0 Å². The van der Waals surface area contributed by atoms with E-state index in [0.29, 0.717) is 5.75 Å². The predicted octanol–water partition coefficient (Wildman–Crippen LogP) is 3.49. The van der Waals surface area contributed by atoms with Crippen LogP contribution in [0, 0.1) is 0 Å². The maximum absolute atomic E-state index is 12.5. The molecule has 1 aliphatic heterocycles. The van der Waals surface area contributed by atoms with Crippen LogP contribution >= 0.6 is 46.6 Å². The second-order valence-electron chi connectivity index (χ2n) is 4.19. The molecule has 0 bridgehead atoms. The lowest BCUT2D eigenvalue weighted by molar-refractivity contribution is -0.116. The topological polar surface area (TPSA) is 46.1 Å². The summed E-state index contributed by atoms with van der Waals surface area (Å²) in [4.78, 5) is 15.5. The number of para-hydroxylation sites is 1. The number of carbonyl (C=O) groups excluding carboxylic acids is 1. The molecule has 1 aromatic carbocycles. The fourth-order valence-corrected chi connectivity index (χ4v) is 5.28. The molecule has 1 aliphatic rings. The van der Waals surface area contributed by atoms with E-state index in [1.165, 1.54) is 28.0 Å². The zero-order chi connectivity index (χ0) is 14.7. The Hall–Kier alpha value is -0.700. The Bertz CT molecular complexity index is 646. The van der Waals surface area contributed by atoms with Gasteiger partial charge in [0.05, 0.1) is 11.4 Å². The zero-order valence-corrected chi connectivity index (χ0v) is 14.6. The standard InChI is InChI=1S/C13H13N3OS4/c1-18-12-14-15-13(21-12)20-8-11(17)16-6-7-19-10-5-3-2-4-9(10)16/h2-5H,6-8H2,1H3. The maximum Gasteiger partial charge on any atom is 0.237 e. The number of carbonyl (C=O) groups is 1. The highest BCUT2D eigenvalue weighted by atomic mass is 32.2. The first-order chi connectivity index (χ1) is 10.3. The van der Waals surface area contributed by atoms with Crippen LogP contribution in [0.1, 0.15) is 0 Å². The minimum absolute atomic E-state index is 0.133. The summed E-state index contributed by atoms with van der Waals surface area (Å²) < 4.78 is 1.79. The minimum Gasteiger partial charge on any atom is -0.310 e. The normalized spacial score (nSPS) is 14.0. The predicted molar refractivity (Wildman–Crippen MR) is 91.9 cm³/mol. The van der Waals surface area contributed by atoms with E-state index in [1.54, 1.807) is 23.5 Å². The number of fused-ring (bicyclic) bond motifs is 1. The van der Waals surface area contributed by atoms with Crippen LogP contribution in [0.5, 0.6) is 0 Å². The van der Waals surface area contributed by atoms with Gasteiger partial charge >= 0.3 is 0 Å². The zero-order valence-electron chi connectivity index (χ0n) is 11.3. The molecular formula is C13H13N3OS4. The average Bonchev–Trinajstić information content (AvgIpc) is 3.00. The molecule has 0 spiro atoms. The molecule has 0 radical (unpaired) electrons. The number of nitrogens with zero attached hydrogens (tertiary/aromatic N) is 3. The Kier molecular flexibility index (Phi) is 5.10. The van der Waals surface area contributed by atoms with Crippen molar-refractivity contribution in [3.8, 4) is 0 Å². The number of aromatic nitrogens is 2. The van der Waals surface area contributed by atoms with Crippen LogP contribution < -0.4 is 4.90 Å². The molecule has 1 amide bonds. The van der Waals surface area contributed by atoms with Crippen molar-refractivity contribution >= 4 is 58.2 Å². The quantitative estimate of drug-likeness (QED) is 0.783. The van der Waals surface area contributed by atoms with Gasteiger partial charge in [-0.15, -0.1) is 22.0 Å². The van der Waals surface area contributed by atoms with Crippen molar-refractivity contribution in [1.29, 1.82) is 0 Å². The Morgan fingerprint density at radius 2 is 2.14 bits per heavy atom. The molecule has 4 nitrogen and oxygen atoms in total. The highest BCUT2D eigenvalue weighted by Crippen LogP contribution is 2.35. The van der Waals surface area contributed by atoms with Crippen LogP contribution in [0.4, 0.5) is 5.69 Å². The van der Waals surface area contributed by atoms with Gasteiger partial charge < -0.3 is 4.90 Å². The van der Waals surface area contributed by atoms with Gasteiger partial charge in [0.1, 0.15) is 0 Å². The van der Waals surface area contributed by atoms with Gasteiger partial charge in [-0.05, 0) is 18.4 Å². The fourth-order valence-electron chi connectivity index (χ4n) is 1.97. The molecule has 2 heterocycles. The highest BCUT2D eigenvalue weighted by Gasteiger charge is 2.22. The summed E-state index contributed by atoms with van der Waals surface area (Å²) in [7, 11) is 0. The SMILES string of the molecule is CSc1nnc(SCC(=O)N2CCSc3ccccc32)s1. The molecule has 0 aliphatic carbocycles. The van der Waals surface area contributed by atoms with E-state index < -0.39 is 0 Å². The maximum atomic E-state index is 12.5. The van der Waals surface area contributed by atoms with Crippen LogP contribution in [0.2, 0.25) is 0 Å². The molecule has 0 saturated heterocycles. The first kappa shape index (κ1) is 15.2. The van der Waals surface area contributed by atoms with Gasteiger partial charge in [-0.25, -0.2) is 0 Å². The van der Waals surface area contributed by atoms with Crippen LogP contribution in [-0.2, 0) is 4.79 Å². The Morgan fingerprint density at radius 3 is 2.95 bits per heavy atom. The summed E-state index contributed by atoms with van der Waals surface area (Å²) in [6, 6.07) is 8.08. The largest absolute Gasteiger partial charge is 0.310 e. The Labute approximate surface area is 140 Å². The third-order valence-corrected chi connectivity index (χ3v) is 6.97. The van der Waals surface area contributed by atoms with Crippen molar-refractivity contribution in [3.05, 3.63) is 24.3 Å². The van der Waals surface area contributed by atoms with E-state index in [0.717, 1.165) is 26.7 Å². The van der Waals surface area contributed by atoms with Gasteiger partial charge in [0.25, 0.3) is 0 Å². The summed E-state index contributed by atoms with van der Waals surface area (Å²) in [5.41, 5.74) is 1.03. The number of rotatable bonds is 4. The fraction of sp³-hybridized carbons (Fsp3) is 0.308. The molecule has 0 unspecified atom stereocenters. The molecule has 0 fully saturated rings. The average molecular weight is 356 g/mol. The molecule has 110 valence electrons. The summed E-state index contributed by atoms with van der Waals surface area (Å²) >= 11 is 6.39. The van der Waals surface area contributed by atoms with Crippen molar-refractivity contribution < 1.29 is 4.79 Å². The summed E-state index contributed by atoms with van der Waals surface area (Å²) in [5.74, 6) is 1.49. The van der Waals surface area contributed by atoms with Crippen molar-refractivity contribution in [2.45, 2.75) is 13.6 Å².